The summed E-state index contributed by atoms with van der Waals surface area (Å²) in [6.45, 7) is 2.01. The van der Waals surface area contributed by atoms with E-state index in [9.17, 15) is 4.79 Å². The molecular weight excluding hydrogens is 274 g/mol. The van der Waals surface area contributed by atoms with Crippen molar-refractivity contribution < 1.29 is 23.2 Å². The number of hydrogen-bond donors (Lipinski definition) is 0. The summed E-state index contributed by atoms with van der Waals surface area (Å²) in [6, 6.07) is 8.86. The van der Waals surface area contributed by atoms with Crippen molar-refractivity contribution in [2.45, 2.75) is 6.92 Å². The SMILES string of the molecule is CCOC(=O)c1cc(-c2cc3cccc(OC)c3o2)on1. The third kappa shape index (κ3) is 2.35. The zero-order chi connectivity index (χ0) is 14.8. The van der Waals surface area contributed by atoms with Gasteiger partial charge >= 0.3 is 5.97 Å². The number of benzene rings is 1. The van der Waals surface area contributed by atoms with E-state index in [-0.39, 0.29) is 12.3 Å². The van der Waals surface area contributed by atoms with Gasteiger partial charge in [0.2, 0.25) is 5.76 Å². The average molecular weight is 287 g/mol. The molecule has 108 valence electrons. The number of esters is 1. The van der Waals surface area contributed by atoms with Crippen LogP contribution >= 0.6 is 0 Å². The first kappa shape index (κ1) is 13.2. The molecule has 0 aliphatic heterocycles. The second kappa shape index (κ2) is 5.32. The molecule has 0 aliphatic carbocycles. The van der Waals surface area contributed by atoms with E-state index in [0.29, 0.717) is 22.9 Å². The quantitative estimate of drug-likeness (QED) is 0.685. The van der Waals surface area contributed by atoms with Crippen molar-refractivity contribution in [3.8, 4) is 17.3 Å². The normalized spacial score (nSPS) is 10.8. The van der Waals surface area contributed by atoms with Crippen molar-refractivity contribution in [3.05, 3.63) is 36.0 Å². The summed E-state index contributed by atoms with van der Waals surface area (Å²) in [4.78, 5) is 11.6. The molecule has 0 unspecified atom stereocenters. The molecule has 0 N–H and O–H groups in total. The molecule has 1 aromatic carbocycles. The summed E-state index contributed by atoms with van der Waals surface area (Å²) in [5.41, 5.74) is 0.725. The molecule has 0 saturated heterocycles. The number of rotatable bonds is 4. The lowest BCUT2D eigenvalue weighted by molar-refractivity contribution is 0.0514. The summed E-state index contributed by atoms with van der Waals surface area (Å²) in [5, 5.41) is 4.56. The van der Waals surface area contributed by atoms with Crippen LogP contribution < -0.4 is 4.74 Å². The Balaban J connectivity index is 1.99. The van der Waals surface area contributed by atoms with Crippen molar-refractivity contribution in [2.75, 3.05) is 13.7 Å². The Labute approximate surface area is 120 Å². The van der Waals surface area contributed by atoms with Gasteiger partial charge in [0.05, 0.1) is 13.7 Å². The van der Waals surface area contributed by atoms with Crippen LogP contribution in [0.4, 0.5) is 0 Å². The molecule has 2 heterocycles. The monoisotopic (exact) mass is 287 g/mol. The van der Waals surface area contributed by atoms with Gasteiger partial charge in [-0.3, -0.25) is 0 Å². The van der Waals surface area contributed by atoms with E-state index >= 15 is 0 Å². The zero-order valence-electron chi connectivity index (χ0n) is 11.6. The smallest absolute Gasteiger partial charge is 0.360 e. The molecule has 0 saturated carbocycles. The first-order valence-electron chi connectivity index (χ1n) is 6.43. The third-order valence-corrected chi connectivity index (χ3v) is 2.97. The minimum absolute atomic E-state index is 0.110. The number of nitrogens with zero attached hydrogens (tertiary/aromatic N) is 1. The van der Waals surface area contributed by atoms with Crippen LogP contribution in [0.1, 0.15) is 17.4 Å². The lowest BCUT2D eigenvalue weighted by Gasteiger charge is -1.98. The molecule has 3 rings (SSSR count). The van der Waals surface area contributed by atoms with Crippen molar-refractivity contribution >= 4 is 16.9 Å². The third-order valence-electron chi connectivity index (χ3n) is 2.97. The Kier molecular flexibility index (Phi) is 3.35. The highest BCUT2D eigenvalue weighted by molar-refractivity contribution is 5.89. The molecule has 0 aliphatic rings. The predicted octanol–water partition coefficient (Wildman–Crippen LogP) is 3.27. The van der Waals surface area contributed by atoms with Crippen LogP contribution in [-0.4, -0.2) is 24.8 Å². The van der Waals surface area contributed by atoms with Gasteiger partial charge in [-0.15, -0.1) is 0 Å². The Hall–Kier alpha value is -2.76. The predicted molar refractivity (Wildman–Crippen MR) is 74.2 cm³/mol. The van der Waals surface area contributed by atoms with Crippen molar-refractivity contribution in [1.82, 2.24) is 5.16 Å². The molecule has 0 atom stereocenters. The lowest BCUT2D eigenvalue weighted by Crippen LogP contribution is -2.04. The molecule has 0 bridgehead atoms. The minimum atomic E-state index is -0.527. The Morgan fingerprint density at radius 2 is 2.14 bits per heavy atom. The van der Waals surface area contributed by atoms with Crippen LogP contribution in [0.15, 0.2) is 39.3 Å². The lowest BCUT2D eigenvalue weighted by atomic mass is 10.2. The number of carbonyl (C=O) groups is 1. The number of fused-ring (bicyclic) bond motifs is 1. The van der Waals surface area contributed by atoms with Gasteiger partial charge in [-0.2, -0.15) is 0 Å². The molecule has 0 fully saturated rings. The number of aromatic nitrogens is 1. The fourth-order valence-electron chi connectivity index (χ4n) is 2.01. The standard InChI is InChI=1S/C15H13NO5/c1-3-19-15(17)10-8-13(21-16-10)12-7-9-5-4-6-11(18-2)14(9)20-12/h4-8H,3H2,1-2H3. The van der Waals surface area contributed by atoms with Gasteiger partial charge in [0, 0.05) is 11.5 Å². The number of para-hydroxylation sites is 1. The van der Waals surface area contributed by atoms with E-state index < -0.39 is 5.97 Å². The van der Waals surface area contributed by atoms with Crippen LogP contribution in [0.25, 0.3) is 22.5 Å². The van der Waals surface area contributed by atoms with Crippen molar-refractivity contribution in [1.29, 1.82) is 0 Å². The maximum Gasteiger partial charge on any atom is 0.360 e. The van der Waals surface area contributed by atoms with Gasteiger partial charge in [0.15, 0.2) is 22.8 Å². The van der Waals surface area contributed by atoms with E-state index in [2.05, 4.69) is 5.16 Å². The average Bonchev–Trinajstić information content (AvgIpc) is 3.13. The number of methoxy groups -OCH3 is 1. The molecule has 6 heteroatoms. The summed E-state index contributed by atoms with van der Waals surface area (Å²) in [6.07, 6.45) is 0. The van der Waals surface area contributed by atoms with E-state index in [1.54, 1.807) is 26.2 Å². The van der Waals surface area contributed by atoms with Gasteiger partial charge in [-0.25, -0.2) is 4.79 Å². The number of furan rings is 1. The Bertz CT molecular complexity index is 786. The van der Waals surface area contributed by atoms with E-state index in [1.165, 1.54) is 6.07 Å². The van der Waals surface area contributed by atoms with E-state index in [4.69, 9.17) is 18.4 Å². The molecule has 6 nitrogen and oxygen atoms in total. The first-order valence-corrected chi connectivity index (χ1v) is 6.43. The van der Waals surface area contributed by atoms with Gasteiger partial charge in [0.25, 0.3) is 0 Å². The molecule has 2 aromatic heterocycles. The second-order valence-corrected chi connectivity index (χ2v) is 4.29. The highest BCUT2D eigenvalue weighted by atomic mass is 16.5. The molecule has 0 radical (unpaired) electrons. The number of carbonyl (C=O) groups excluding carboxylic acids is 1. The van der Waals surface area contributed by atoms with E-state index in [0.717, 1.165) is 5.39 Å². The maximum absolute atomic E-state index is 11.6. The van der Waals surface area contributed by atoms with Crippen LogP contribution in [0, 0.1) is 0 Å². The number of hydrogen-bond acceptors (Lipinski definition) is 6. The summed E-state index contributed by atoms with van der Waals surface area (Å²) >= 11 is 0. The van der Waals surface area contributed by atoms with Crippen LogP contribution in [0.3, 0.4) is 0 Å². The number of ether oxygens (including phenoxy) is 2. The largest absolute Gasteiger partial charge is 0.493 e. The van der Waals surface area contributed by atoms with Crippen LogP contribution in [-0.2, 0) is 4.74 Å². The highest BCUT2D eigenvalue weighted by Crippen LogP contribution is 2.33. The van der Waals surface area contributed by atoms with Gasteiger partial charge < -0.3 is 18.4 Å². The molecule has 21 heavy (non-hydrogen) atoms. The Morgan fingerprint density at radius 1 is 1.29 bits per heavy atom. The van der Waals surface area contributed by atoms with E-state index in [1.807, 2.05) is 12.1 Å². The topological polar surface area (TPSA) is 74.7 Å². The second-order valence-electron chi connectivity index (χ2n) is 4.29. The summed E-state index contributed by atoms with van der Waals surface area (Å²) in [5.74, 6) is 0.930. The van der Waals surface area contributed by atoms with Crippen LogP contribution in [0.2, 0.25) is 0 Å². The highest BCUT2D eigenvalue weighted by Gasteiger charge is 2.18. The van der Waals surface area contributed by atoms with Crippen molar-refractivity contribution in [3.63, 3.8) is 0 Å². The molecule has 0 amide bonds. The van der Waals surface area contributed by atoms with Gasteiger partial charge in [-0.1, -0.05) is 17.3 Å². The first-order chi connectivity index (χ1) is 10.2. The fraction of sp³-hybridized carbons (Fsp3) is 0.200. The van der Waals surface area contributed by atoms with Crippen molar-refractivity contribution in [2.24, 2.45) is 0 Å². The van der Waals surface area contributed by atoms with Gasteiger partial charge in [-0.05, 0) is 19.1 Å². The van der Waals surface area contributed by atoms with Gasteiger partial charge in [0.1, 0.15) is 0 Å². The fourth-order valence-corrected chi connectivity index (χ4v) is 2.01. The zero-order valence-corrected chi connectivity index (χ0v) is 11.6. The summed E-state index contributed by atoms with van der Waals surface area (Å²) in [7, 11) is 1.57. The molecule has 3 aromatic rings. The minimum Gasteiger partial charge on any atom is -0.493 e. The summed E-state index contributed by atoms with van der Waals surface area (Å²) < 4.78 is 21.0. The molecule has 0 spiro atoms. The maximum atomic E-state index is 11.6. The Morgan fingerprint density at radius 3 is 2.90 bits per heavy atom. The molecular formula is C15H13NO5. The van der Waals surface area contributed by atoms with Crippen LogP contribution in [0.5, 0.6) is 5.75 Å².